The normalized spacial score (nSPS) is 15.5. The zero-order chi connectivity index (χ0) is 22.2. The van der Waals surface area contributed by atoms with Crippen LogP contribution in [-0.2, 0) is 9.53 Å². The van der Waals surface area contributed by atoms with E-state index in [9.17, 15) is 9.18 Å². The molecule has 1 N–H and O–H groups in total. The van der Waals surface area contributed by atoms with Gasteiger partial charge in [0.15, 0.2) is 0 Å². The Labute approximate surface area is 184 Å². The third-order valence-corrected chi connectivity index (χ3v) is 5.67. The molecule has 1 saturated heterocycles. The van der Waals surface area contributed by atoms with E-state index in [1.54, 1.807) is 0 Å². The zero-order valence-electron chi connectivity index (χ0n) is 18.7. The monoisotopic (exact) mass is 428 g/mol. The molecule has 1 amide bonds. The second-order valence-electron chi connectivity index (χ2n) is 7.94. The first kappa shape index (κ1) is 23.0. The standard InChI is InChI=1S/C24H33FN4O2/c1-4-31-18-24(30)26-17-23(19-5-9-21(10-6-19)27(2)3)29-15-13-28(14-16-29)22-11-7-20(25)8-12-22/h5-12,23H,4,13-18H2,1-3H3,(H,26,30)/t23-/m1/s1. The highest BCUT2D eigenvalue weighted by molar-refractivity contribution is 5.77. The van der Waals surface area contributed by atoms with E-state index in [4.69, 9.17) is 4.74 Å². The average molecular weight is 429 g/mol. The van der Waals surface area contributed by atoms with E-state index >= 15 is 0 Å². The molecule has 2 aromatic carbocycles. The number of rotatable bonds is 9. The van der Waals surface area contributed by atoms with Crippen molar-refractivity contribution >= 4 is 17.3 Å². The van der Waals surface area contributed by atoms with Gasteiger partial charge in [-0.1, -0.05) is 12.1 Å². The van der Waals surface area contributed by atoms with E-state index in [2.05, 4.69) is 44.3 Å². The molecule has 0 bridgehead atoms. The number of carbonyl (C=O) groups is 1. The van der Waals surface area contributed by atoms with Crippen molar-refractivity contribution in [2.24, 2.45) is 0 Å². The Bertz CT molecular complexity index is 818. The molecule has 1 aliphatic rings. The summed E-state index contributed by atoms with van der Waals surface area (Å²) in [5.74, 6) is -0.312. The number of nitrogens with one attached hydrogen (secondary N) is 1. The van der Waals surface area contributed by atoms with Crippen molar-refractivity contribution in [3.8, 4) is 0 Å². The van der Waals surface area contributed by atoms with Gasteiger partial charge in [-0.2, -0.15) is 0 Å². The minimum atomic E-state index is -0.216. The smallest absolute Gasteiger partial charge is 0.246 e. The Hall–Kier alpha value is -2.64. The van der Waals surface area contributed by atoms with Gasteiger partial charge in [0.05, 0.1) is 6.04 Å². The molecular weight excluding hydrogens is 395 g/mol. The van der Waals surface area contributed by atoms with Gasteiger partial charge in [-0.3, -0.25) is 9.69 Å². The molecule has 168 valence electrons. The summed E-state index contributed by atoms with van der Waals surface area (Å²) in [5.41, 5.74) is 3.36. The first-order valence-corrected chi connectivity index (χ1v) is 10.8. The SMILES string of the molecule is CCOCC(=O)NC[C@H](c1ccc(N(C)C)cc1)N1CCN(c2ccc(F)cc2)CC1. The van der Waals surface area contributed by atoms with Crippen LogP contribution in [0.1, 0.15) is 18.5 Å². The van der Waals surface area contributed by atoms with Crippen molar-refractivity contribution in [1.29, 1.82) is 0 Å². The second kappa shape index (κ2) is 11.1. The summed E-state index contributed by atoms with van der Waals surface area (Å²) in [4.78, 5) is 18.9. The fourth-order valence-electron chi connectivity index (χ4n) is 3.85. The fraction of sp³-hybridized carbons (Fsp3) is 0.458. The molecule has 3 rings (SSSR count). The quantitative estimate of drug-likeness (QED) is 0.666. The summed E-state index contributed by atoms with van der Waals surface area (Å²) < 4.78 is 18.5. The molecule has 2 aromatic rings. The van der Waals surface area contributed by atoms with Crippen LogP contribution in [0.25, 0.3) is 0 Å². The van der Waals surface area contributed by atoms with Gasteiger partial charge in [-0.25, -0.2) is 4.39 Å². The molecule has 7 heteroatoms. The van der Waals surface area contributed by atoms with Gasteiger partial charge in [-0.15, -0.1) is 0 Å². The van der Waals surface area contributed by atoms with E-state index in [-0.39, 0.29) is 24.4 Å². The number of piperazine rings is 1. The first-order valence-electron chi connectivity index (χ1n) is 10.8. The van der Waals surface area contributed by atoms with Crippen LogP contribution in [0.4, 0.5) is 15.8 Å². The highest BCUT2D eigenvalue weighted by Crippen LogP contribution is 2.26. The number of amides is 1. The van der Waals surface area contributed by atoms with Crippen LogP contribution in [0.15, 0.2) is 48.5 Å². The number of hydrogen-bond donors (Lipinski definition) is 1. The number of anilines is 2. The molecule has 1 fully saturated rings. The zero-order valence-corrected chi connectivity index (χ0v) is 18.7. The number of ether oxygens (including phenoxy) is 1. The molecule has 0 radical (unpaired) electrons. The lowest BCUT2D eigenvalue weighted by Crippen LogP contribution is -2.50. The summed E-state index contributed by atoms with van der Waals surface area (Å²) in [7, 11) is 4.05. The maximum absolute atomic E-state index is 13.2. The van der Waals surface area contributed by atoms with Crippen molar-refractivity contribution < 1.29 is 13.9 Å². The minimum Gasteiger partial charge on any atom is -0.378 e. The lowest BCUT2D eigenvalue weighted by atomic mass is 10.0. The molecule has 0 aromatic heterocycles. The molecule has 1 heterocycles. The van der Waals surface area contributed by atoms with E-state index < -0.39 is 0 Å². The fourth-order valence-corrected chi connectivity index (χ4v) is 3.85. The predicted octanol–water partition coefficient (Wildman–Crippen LogP) is 2.91. The van der Waals surface area contributed by atoms with Gasteiger partial charge >= 0.3 is 0 Å². The molecule has 0 unspecified atom stereocenters. The molecule has 6 nitrogen and oxygen atoms in total. The van der Waals surface area contributed by atoms with Crippen molar-refractivity contribution in [2.45, 2.75) is 13.0 Å². The molecule has 1 aliphatic heterocycles. The second-order valence-corrected chi connectivity index (χ2v) is 7.94. The van der Waals surface area contributed by atoms with Gasteiger partial charge in [0, 0.05) is 64.8 Å². The lowest BCUT2D eigenvalue weighted by Gasteiger charge is -2.40. The number of nitrogens with zero attached hydrogens (tertiary/aromatic N) is 3. The predicted molar refractivity (Wildman–Crippen MR) is 123 cm³/mol. The topological polar surface area (TPSA) is 48.1 Å². The first-order chi connectivity index (χ1) is 15.0. The van der Waals surface area contributed by atoms with Crippen molar-refractivity contribution in [2.75, 3.05) is 69.8 Å². The number of hydrogen-bond acceptors (Lipinski definition) is 5. The van der Waals surface area contributed by atoms with E-state index in [0.717, 1.165) is 37.6 Å². The molecule has 1 atom stereocenters. The van der Waals surface area contributed by atoms with Gasteiger partial charge in [-0.05, 0) is 48.9 Å². The van der Waals surface area contributed by atoms with E-state index in [0.29, 0.717) is 13.2 Å². The summed E-state index contributed by atoms with van der Waals surface area (Å²) in [5, 5.41) is 3.03. The van der Waals surface area contributed by atoms with Gasteiger partial charge in [0.1, 0.15) is 12.4 Å². The summed E-state index contributed by atoms with van der Waals surface area (Å²) in [6, 6.07) is 15.2. The van der Waals surface area contributed by atoms with Crippen molar-refractivity contribution in [3.05, 3.63) is 59.9 Å². The van der Waals surface area contributed by atoms with Crippen LogP contribution in [0.5, 0.6) is 0 Å². The highest BCUT2D eigenvalue weighted by atomic mass is 19.1. The van der Waals surface area contributed by atoms with Gasteiger partial charge in [0.2, 0.25) is 5.91 Å². The minimum absolute atomic E-state index is 0.0807. The van der Waals surface area contributed by atoms with E-state index in [1.165, 1.54) is 17.7 Å². The van der Waals surface area contributed by atoms with Crippen molar-refractivity contribution in [3.63, 3.8) is 0 Å². The summed E-state index contributed by atoms with van der Waals surface area (Å²) in [6.07, 6.45) is 0. The Morgan fingerprint density at radius 3 is 2.29 bits per heavy atom. The molecule has 0 spiro atoms. The summed E-state index contributed by atoms with van der Waals surface area (Å²) >= 11 is 0. The average Bonchev–Trinajstić information content (AvgIpc) is 2.79. The molecule has 0 saturated carbocycles. The molecule has 31 heavy (non-hydrogen) atoms. The van der Waals surface area contributed by atoms with Crippen LogP contribution in [0.2, 0.25) is 0 Å². The maximum Gasteiger partial charge on any atom is 0.246 e. The van der Waals surface area contributed by atoms with Crippen LogP contribution < -0.4 is 15.1 Å². The van der Waals surface area contributed by atoms with E-state index in [1.807, 2.05) is 33.2 Å². The number of benzene rings is 2. The van der Waals surface area contributed by atoms with Gasteiger partial charge < -0.3 is 19.9 Å². The summed E-state index contributed by atoms with van der Waals surface area (Å²) in [6.45, 7) is 6.44. The van der Waals surface area contributed by atoms with Crippen LogP contribution in [-0.4, -0.2) is 70.8 Å². The Balaban J connectivity index is 1.68. The molecular formula is C24H33FN4O2. The third kappa shape index (κ3) is 6.42. The lowest BCUT2D eigenvalue weighted by molar-refractivity contribution is -0.125. The maximum atomic E-state index is 13.2. The Morgan fingerprint density at radius 2 is 1.71 bits per heavy atom. The van der Waals surface area contributed by atoms with Crippen LogP contribution >= 0.6 is 0 Å². The molecule has 0 aliphatic carbocycles. The van der Waals surface area contributed by atoms with Crippen LogP contribution in [0.3, 0.4) is 0 Å². The Morgan fingerprint density at radius 1 is 1.06 bits per heavy atom. The number of halogens is 1. The number of carbonyl (C=O) groups excluding carboxylic acids is 1. The largest absolute Gasteiger partial charge is 0.378 e. The highest BCUT2D eigenvalue weighted by Gasteiger charge is 2.26. The van der Waals surface area contributed by atoms with Crippen molar-refractivity contribution in [1.82, 2.24) is 10.2 Å². The third-order valence-electron chi connectivity index (χ3n) is 5.67. The van der Waals surface area contributed by atoms with Gasteiger partial charge in [0.25, 0.3) is 0 Å². The Kier molecular flexibility index (Phi) is 8.26. The van der Waals surface area contributed by atoms with Crippen LogP contribution in [0, 0.1) is 5.82 Å².